The Morgan fingerprint density at radius 2 is 1.85 bits per heavy atom. The summed E-state index contributed by atoms with van der Waals surface area (Å²) in [6, 6.07) is 4.95. The van der Waals surface area contributed by atoms with E-state index in [4.69, 9.17) is 5.73 Å². The molecule has 0 bridgehead atoms. The van der Waals surface area contributed by atoms with Crippen LogP contribution in [-0.2, 0) is 10.0 Å². The van der Waals surface area contributed by atoms with E-state index in [-0.39, 0.29) is 35.2 Å². The molecule has 154 valence electrons. The molecular weight excluding hydrogens is 386 g/mol. The molecular formula is C19H32ClN3O3S. The van der Waals surface area contributed by atoms with Crippen molar-refractivity contribution in [2.45, 2.75) is 57.4 Å². The largest absolute Gasteiger partial charge is 0.349 e. The van der Waals surface area contributed by atoms with Crippen LogP contribution in [0.15, 0.2) is 23.1 Å². The summed E-state index contributed by atoms with van der Waals surface area (Å²) < 4.78 is 27.1. The van der Waals surface area contributed by atoms with Gasteiger partial charge in [0.25, 0.3) is 5.91 Å². The molecule has 3 N–H and O–H groups in total. The number of rotatable bonds is 7. The molecule has 0 radical (unpaired) electrons. The summed E-state index contributed by atoms with van der Waals surface area (Å²) in [6.45, 7) is 6.72. The van der Waals surface area contributed by atoms with E-state index >= 15 is 0 Å². The second kappa shape index (κ2) is 10.4. The van der Waals surface area contributed by atoms with Gasteiger partial charge in [0.15, 0.2) is 0 Å². The number of nitrogens with one attached hydrogen (secondary N) is 1. The number of carbonyl (C=O) groups excluding carboxylic acids is 1. The van der Waals surface area contributed by atoms with Gasteiger partial charge in [-0.25, -0.2) is 8.42 Å². The molecule has 0 saturated heterocycles. The third-order valence-electron chi connectivity index (χ3n) is 5.30. The fraction of sp³-hybridized carbons (Fsp3) is 0.632. The van der Waals surface area contributed by atoms with Crippen molar-refractivity contribution in [1.82, 2.24) is 9.62 Å². The molecule has 1 aliphatic carbocycles. The molecule has 1 saturated carbocycles. The molecule has 1 amide bonds. The minimum atomic E-state index is -3.60. The molecule has 27 heavy (non-hydrogen) atoms. The minimum Gasteiger partial charge on any atom is -0.349 e. The molecule has 0 aliphatic heterocycles. The van der Waals surface area contributed by atoms with Gasteiger partial charge in [0.05, 0.1) is 4.90 Å². The van der Waals surface area contributed by atoms with Crippen molar-refractivity contribution in [2.75, 3.05) is 19.6 Å². The highest BCUT2D eigenvalue weighted by Gasteiger charge is 2.27. The Morgan fingerprint density at radius 3 is 2.44 bits per heavy atom. The van der Waals surface area contributed by atoms with Gasteiger partial charge in [0, 0.05) is 24.7 Å². The van der Waals surface area contributed by atoms with Crippen molar-refractivity contribution < 1.29 is 13.2 Å². The molecule has 2 unspecified atom stereocenters. The van der Waals surface area contributed by atoms with Gasteiger partial charge in [0.1, 0.15) is 0 Å². The Kier molecular flexibility index (Phi) is 9.21. The SMILES string of the molecule is CCN(CC)S(=O)(=O)c1cc(C(=O)NC2CCCCC2CN)ccc1C.Cl. The molecule has 1 aromatic carbocycles. The van der Waals surface area contributed by atoms with Gasteiger partial charge >= 0.3 is 0 Å². The third-order valence-corrected chi connectivity index (χ3v) is 7.49. The maximum atomic E-state index is 12.9. The third kappa shape index (κ3) is 5.44. The first-order chi connectivity index (χ1) is 12.3. The number of hydrogen-bond donors (Lipinski definition) is 2. The molecule has 1 fully saturated rings. The predicted octanol–water partition coefficient (Wildman–Crippen LogP) is 2.69. The first kappa shape index (κ1) is 23.9. The highest BCUT2D eigenvalue weighted by atomic mass is 35.5. The van der Waals surface area contributed by atoms with E-state index in [1.54, 1.807) is 19.1 Å². The number of benzene rings is 1. The van der Waals surface area contributed by atoms with Gasteiger partial charge in [0.2, 0.25) is 10.0 Å². The average Bonchev–Trinajstić information content (AvgIpc) is 2.63. The Morgan fingerprint density at radius 1 is 1.22 bits per heavy atom. The quantitative estimate of drug-likeness (QED) is 0.713. The first-order valence-electron chi connectivity index (χ1n) is 9.46. The van der Waals surface area contributed by atoms with Gasteiger partial charge < -0.3 is 11.1 Å². The van der Waals surface area contributed by atoms with Crippen LogP contribution >= 0.6 is 12.4 Å². The lowest BCUT2D eigenvalue weighted by Crippen LogP contribution is -2.44. The maximum absolute atomic E-state index is 12.9. The summed E-state index contributed by atoms with van der Waals surface area (Å²) in [4.78, 5) is 12.9. The van der Waals surface area contributed by atoms with Crippen LogP contribution in [0.4, 0.5) is 0 Å². The average molecular weight is 418 g/mol. The van der Waals surface area contributed by atoms with Crippen molar-refractivity contribution in [3.05, 3.63) is 29.3 Å². The van der Waals surface area contributed by atoms with Crippen LogP contribution < -0.4 is 11.1 Å². The topological polar surface area (TPSA) is 92.5 Å². The van der Waals surface area contributed by atoms with E-state index in [0.717, 1.165) is 25.7 Å². The van der Waals surface area contributed by atoms with Gasteiger partial charge in [-0.1, -0.05) is 32.8 Å². The van der Waals surface area contributed by atoms with Gasteiger partial charge in [-0.2, -0.15) is 4.31 Å². The van der Waals surface area contributed by atoms with Crippen molar-refractivity contribution in [1.29, 1.82) is 0 Å². The molecule has 0 spiro atoms. The number of hydrogen-bond acceptors (Lipinski definition) is 4. The number of sulfonamides is 1. The Balaban J connectivity index is 0.00000364. The van der Waals surface area contributed by atoms with E-state index in [9.17, 15) is 13.2 Å². The molecule has 2 atom stereocenters. The van der Waals surface area contributed by atoms with E-state index in [0.29, 0.717) is 30.8 Å². The number of halogens is 1. The predicted molar refractivity (Wildman–Crippen MR) is 111 cm³/mol. The van der Waals surface area contributed by atoms with E-state index in [1.165, 1.54) is 10.4 Å². The van der Waals surface area contributed by atoms with Crippen LogP contribution in [0, 0.1) is 12.8 Å². The maximum Gasteiger partial charge on any atom is 0.251 e. The van der Waals surface area contributed by atoms with Crippen molar-refractivity contribution in [2.24, 2.45) is 11.7 Å². The summed E-state index contributed by atoms with van der Waals surface area (Å²) in [5.41, 5.74) is 6.86. The van der Waals surface area contributed by atoms with Crippen LogP contribution in [0.1, 0.15) is 55.5 Å². The first-order valence-corrected chi connectivity index (χ1v) is 10.9. The summed E-state index contributed by atoms with van der Waals surface area (Å²) >= 11 is 0. The zero-order valence-corrected chi connectivity index (χ0v) is 18.0. The molecule has 1 aromatic rings. The van der Waals surface area contributed by atoms with E-state index in [1.807, 2.05) is 13.8 Å². The summed E-state index contributed by atoms with van der Waals surface area (Å²) in [5, 5.41) is 3.06. The molecule has 0 heterocycles. The zero-order chi connectivity index (χ0) is 19.3. The number of nitrogens with two attached hydrogens (primary N) is 1. The Hall–Kier alpha value is -1.15. The smallest absolute Gasteiger partial charge is 0.251 e. The number of aryl methyl sites for hydroxylation is 1. The number of carbonyl (C=O) groups is 1. The number of nitrogens with zero attached hydrogens (tertiary/aromatic N) is 1. The van der Waals surface area contributed by atoms with Gasteiger partial charge in [-0.05, 0) is 49.9 Å². The molecule has 2 rings (SSSR count). The van der Waals surface area contributed by atoms with Crippen LogP contribution in [0.25, 0.3) is 0 Å². The van der Waals surface area contributed by atoms with Gasteiger partial charge in [-0.15, -0.1) is 12.4 Å². The summed E-state index contributed by atoms with van der Waals surface area (Å²) in [7, 11) is -3.60. The Labute approximate surface area is 169 Å². The second-order valence-electron chi connectivity index (χ2n) is 6.93. The molecule has 6 nitrogen and oxygen atoms in total. The molecule has 1 aliphatic rings. The van der Waals surface area contributed by atoms with Crippen molar-refractivity contribution in [3.8, 4) is 0 Å². The summed E-state index contributed by atoms with van der Waals surface area (Å²) in [6.07, 6.45) is 4.17. The lowest BCUT2D eigenvalue weighted by atomic mass is 9.84. The fourth-order valence-electron chi connectivity index (χ4n) is 3.65. The van der Waals surface area contributed by atoms with Crippen LogP contribution in [-0.4, -0.2) is 44.3 Å². The Bertz CT molecular complexity index is 736. The van der Waals surface area contributed by atoms with Gasteiger partial charge in [-0.3, -0.25) is 4.79 Å². The number of amides is 1. The van der Waals surface area contributed by atoms with Crippen LogP contribution in [0.2, 0.25) is 0 Å². The van der Waals surface area contributed by atoms with Crippen molar-refractivity contribution >= 4 is 28.3 Å². The minimum absolute atomic E-state index is 0. The standard InChI is InChI=1S/C19H31N3O3S.ClH/c1-4-22(5-2)26(24,25)18-12-15(11-10-14(18)3)19(23)21-17-9-7-6-8-16(17)13-20;/h10-12,16-17H,4-9,13,20H2,1-3H3,(H,21,23);1H. The second-order valence-corrected chi connectivity index (χ2v) is 8.84. The lowest BCUT2D eigenvalue weighted by molar-refractivity contribution is 0.0908. The van der Waals surface area contributed by atoms with Crippen LogP contribution in [0.5, 0.6) is 0 Å². The van der Waals surface area contributed by atoms with E-state index in [2.05, 4.69) is 5.32 Å². The molecule has 8 heteroatoms. The highest BCUT2D eigenvalue weighted by Crippen LogP contribution is 2.25. The van der Waals surface area contributed by atoms with Crippen molar-refractivity contribution in [3.63, 3.8) is 0 Å². The normalized spacial score (nSPS) is 20.2. The summed E-state index contributed by atoms with van der Waals surface area (Å²) in [5.74, 6) is 0.0587. The van der Waals surface area contributed by atoms with Crippen LogP contribution in [0.3, 0.4) is 0 Å². The monoisotopic (exact) mass is 417 g/mol. The highest BCUT2D eigenvalue weighted by molar-refractivity contribution is 7.89. The molecule has 0 aromatic heterocycles. The fourth-order valence-corrected chi connectivity index (χ4v) is 5.36. The lowest BCUT2D eigenvalue weighted by Gasteiger charge is -2.31. The van der Waals surface area contributed by atoms with E-state index < -0.39 is 10.0 Å². The zero-order valence-electron chi connectivity index (χ0n) is 16.4.